The molecule has 0 unspecified atom stereocenters. The molecule has 0 atom stereocenters. The van der Waals surface area contributed by atoms with E-state index < -0.39 is 8.32 Å². The van der Waals surface area contributed by atoms with Gasteiger partial charge in [0.25, 0.3) is 0 Å². The van der Waals surface area contributed by atoms with Crippen LogP contribution in [0.2, 0.25) is 18.1 Å². The van der Waals surface area contributed by atoms with Gasteiger partial charge in [-0.1, -0.05) is 51.1 Å². The highest BCUT2D eigenvalue weighted by Gasteiger charge is 2.36. The van der Waals surface area contributed by atoms with Gasteiger partial charge in [-0.2, -0.15) is 0 Å². The number of carbonyl (C=O) groups excluding carboxylic acids is 1. The molecule has 0 aliphatic heterocycles. The van der Waals surface area contributed by atoms with Crippen LogP contribution in [0.25, 0.3) is 0 Å². The standard InChI is InChI=1S/C17H29NO3Si/c1-17(2,3)22(4,5)21-13-9-12-18-16(19)20-14-15-10-7-6-8-11-15/h6-8,10-11H,9,12-14H2,1-5H3,(H,18,19). The van der Waals surface area contributed by atoms with Crippen LogP contribution >= 0.6 is 0 Å². The maximum atomic E-state index is 11.6. The lowest BCUT2D eigenvalue weighted by molar-refractivity contribution is 0.139. The molecule has 5 heteroatoms. The lowest BCUT2D eigenvalue weighted by Gasteiger charge is -2.36. The molecule has 0 saturated heterocycles. The molecule has 1 aromatic rings. The van der Waals surface area contributed by atoms with Crippen molar-refractivity contribution in [3.05, 3.63) is 35.9 Å². The Balaban J connectivity index is 2.13. The maximum Gasteiger partial charge on any atom is 0.407 e. The van der Waals surface area contributed by atoms with Crippen molar-refractivity contribution in [2.24, 2.45) is 0 Å². The molecule has 1 amide bonds. The molecule has 0 aliphatic carbocycles. The van der Waals surface area contributed by atoms with Crippen molar-refractivity contribution in [2.45, 2.75) is 51.9 Å². The minimum atomic E-state index is -1.69. The van der Waals surface area contributed by atoms with Gasteiger partial charge in [-0.25, -0.2) is 4.79 Å². The van der Waals surface area contributed by atoms with Crippen LogP contribution in [0.3, 0.4) is 0 Å². The van der Waals surface area contributed by atoms with Gasteiger partial charge in [0, 0.05) is 13.2 Å². The zero-order valence-electron chi connectivity index (χ0n) is 14.4. The number of carbonyl (C=O) groups is 1. The topological polar surface area (TPSA) is 47.6 Å². The number of amides is 1. The van der Waals surface area contributed by atoms with Gasteiger partial charge in [-0.3, -0.25) is 0 Å². The van der Waals surface area contributed by atoms with Gasteiger partial charge in [0.2, 0.25) is 0 Å². The fraction of sp³-hybridized carbons (Fsp3) is 0.588. The smallest absolute Gasteiger partial charge is 0.407 e. The SMILES string of the molecule is CC(C)(C)[Si](C)(C)OCCCNC(=O)OCc1ccccc1. The second kappa shape index (κ2) is 8.34. The van der Waals surface area contributed by atoms with Crippen molar-refractivity contribution in [2.75, 3.05) is 13.2 Å². The van der Waals surface area contributed by atoms with E-state index in [4.69, 9.17) is 9.16 Å². The molecule has 124 valence electrons. The molecular weight excluding hydrogens is 294 g/mol. The summed E-state index contributed by atoms with van der Waals surface area (Å²) in [5, 5.41) is 2.97. The van der Waals surface area contributed by atoms with Gasteiger partial charge in [-0.05, 0) is 30.1 Å². The molecule has 1 aromatic carbocycles. The summed E-state index contributed by atoms with van der Waals surface area (Å²) >= 11 is 0. The van der Waals surface area contributed by atoms with Crippen molar-refractivity contribution in [1.29, 1.82) is 0 Å². The van der Waals surface area contributed by atoms with Crippen LogP contribution in [0.5, 0.6) is 0 Å². The van der Waals surface area contributed by atoms with Crippen LogP contribution in [0, 0.1) is 0 Å². The number of hydrogen-bond acceptors (Lipinski definition) is 3. The zero-order chi connectivity index (χ0) is 16.6. The summed E-state index contributed by atoms with van der Waals surface area (Å²) in [7, 11) is -1.69. The maximum absolute atomic E-state index is 11.6. The Bertz CT molecular complexity index is 455. The van der Waals surface area contributed by atoms with Crippen LogP contribution < -0.4 is 5.32 Å². The molecule has 0 heterocycles. The summed E-state index contributed by atoms with van der Waals surface area (Å²) in [5.41, 5.74) is 0.985. The molecule has 0 bridgehead atoms. The number of alkyl carbamates (subject to hydrolysis) is 1. The first-order valence-corrected chi connectivity index (χ1v) is 10.7. The molecule has 1 N–H and O–H groups in total. The Hall–Kier alpha value is -1.33. The molecule has 0 aromatic heterocycles. The first-order valence-electron chi connectivity index (χ1n) is 7.81. The van der Waals surface area contributed by atoms with Crippen molar-refractivity contribution >= 4 is 14.4 Å². The monoisotopic (exact) mass is 323 g/mol. The molecule has 0 spiro atoms. The van der Waals surface area contributed by atoms with Gasteiger partial charge < -0.3 is 14.5 Å². The highest BCUT2D eigenvalue weighted by atomic mass is 28.4. The van der Waals surface area contributed by atoms with E-state index in [-0.39, 0.29) is 11.1 Å². The Morgan fingerprint density at radius 3 is 2.41 bits per heavy atom. The van der Waals surface area contributed by atoms with E-state index in [0.29, 0.717) is 19.8 Å². The van der Waals surface area contributed by atoms with E-state index in [2.05, 4.69) is 39.2 Å². The number of nitrogens with one attached hydrogen (secondary N) is 1. The van der Waals surface area contributed by atoms with E-state index in [1.165, 1.54) is 0 Å². The van der Waals surface area contributed by atoms with E-state index in [9.17, 15) is 4.79 Å². The van der Waals surface area contributed by atoms with Crippen LogP contribution in [-0.4, -0.2) is 27.6 Å². The quantitative estimate of drug-likeness (QED) is 0.600. The third-order valence-electron chi connectivity index (χ3n) is 4.07. The van der Waals surface area contributed by atoms with Crippen LogP contribution in [-0.2, 0) is 15.8 Å². The van der Waals surface area contributed by atoms with E-state index in [0.717, 1.165) is 12.0 Å². The number of hydrogen-bond donors (Lipinski definition) is 1. The number of rotatable bonds is 7. The van der Waals surface area contributed by atoms with Crippen molar-refractivity contribution in [3.8, 4) is 0 Å². The summed E-state index contributed by atoms with van der Waals surface area (Å²) in [4.78, 5) is 11.6. The van der Waals surface area contributed by atoms with Gasteiger partial charge in [0.1, 0.15) is 6.61 Å². The summed E-state index contributed by atoms with van der Waals surface area (Å²) in [5.74, 6) is 0. The second-order valence-corrected chi connectivity index (χ2v) is 11.8. The van der Waals surface area contributed by atoms with E-state index >= 15 is 0 Å². The fourth-order valence-corrected chi connectivity index (χ4v) is 2.67. The summed E-state index contributed by atoms with van der Waals surface area (Å²) in [6, 6.07) is 9.65. The molecule has 0 radical (unpaired) electrons. The molecule has 22 heavy (non-hydrogen) atoms. The summed E-state index contributed by atoms with van der Waals surface area (Å²) in [6.07, 6.45) is 0.420. The average molecular weight is 324 g/mol. The Morgan fingerprint density at radius 2 is 1.82 bits per heavy atom. The van der Waals surface area contributed by atoms with Crippen LogP contribution in [0.15, 0.2) is 30.3 Å². The zero-order valence-corrected chi connectivity index (χ0v) is 15.4. The van der Waals surface area contributed by atoms with Crippen LogP contribution in [0.1, 0.15) is 32.8 Å². The minimum Gasteiger partial charge on any atom is -0.445 e. The van der Waals surface area contributed by atoms with Gasteiger partial charge in [0.15, 0.2) is 8.32 Å². The summed E-state index contributed by atoms with van der Waals surface area (Å²) in [6.45, 7) is 12.7. The fourth-order valence-electron chi connectivity index (χ4n) is 1.58. The first kappa shape index (κ1) is 18.7. The lowest BCUT2D eigenvalue weighted by atomic mass is 10.2. The molecule has 1 rings (SSSR count). The van der Waals surface area contributed by atoms with Crippen molar-refractivity contribution in [3.63, 3.8) is 0 Å². The third-order valence-corrected chi connectivity index (χ3v) is 8.61. The van der Waals surface area contributed by atoms with Gasteiger partial charge in [-0.15, -0.1) is 0 Å². The largest absolute Gasteiger partial charge is 0.445 e. The molecule has 4 nitrogen and oxygen atoms in total. The van der Waals surface area contributed by atoms with Crippen molar-refractivity contribution in [1.82, 2.24) is 5.32 Å². The van der Waals surface area contributed by atoms with Crippen molar-refractivity contribution < 1.29 is 14.0 Å². The number of ether oxygens (including phenoxy) is 1. The molecule has 0 aliphatic rings. The number of benzene rings is 1. The average Bonchev–Trinajstić information content (AvgIpc) is 2.44. The second-order valence-electron chi connectivity index (χ2n) is 6.95. The summed E-state index contributed by atoms with van der Waals surface area (Å²) < 4.78 is 11.2. The predicted octanol–water partition coefficient (Wildman–Crippen LogP) is 4.32. The van der Waals surface area contributed by atoms with Crippen LogP contribution in [0.4, 0.5) is 4.79 Å². The minimum absolute atomic E-state index is 0.217. The van der Waals surface area contributed by atoms with Gasteiger partial charge >= 0.3 is 6.09 Å². The normalized spacial score (nSPS) is 12.0. The molecular formula is C17H29NO3Si. The highest BCUT2D eigenvalue weighted by molar-refractivity contribution is 6.74. The Morgan fingerprint density at radius 1 is 1.18 bits per heavy atom. The lowest BCUT2D eigenvalue weighted by Crippen LogP contribution is -2.41. The molecule has 0 fully saturated rings. The Labute approximate surface area is 135 Å². The predicted molar refractivity (Wildman–Crippen MR) is 92.4 cm³/mol. The Kier molecular flexibility index (Phi) is 7.09. The first-order chi connectivity index (χ1) is 10.2. The van der Waals surface area contributed by atoms with E-state index in [1.807, 2.05) is 30.3 Å². The third kappa shape index (κ3) is 6.62. The van der Waals surface area contributed by atoms with Gasteiger partial charge in [0.05, 0.1) is 0 Å². The van der Waals surface area contributed by atoms with E-state index in [1.54, 1.807) is 0 Å². The highest BCUT2D eigenvalue weighted by Crippen LogP contribution is 2.36. The molecule has 0 saturated carbocycles.